The second kappa shape index (κ2) is 8.62. The summed E-state index contributed by atoms with van der Waals surface area (Å²) in [5.41, 5.74) is 5.72. The summed E-state index contributed by atoms with van der Waals surface area (Å²) in [5, 5.41) is 2.90. The molecule has 6 nitrogen and oxygen atoms in total. The minimum atomic E-state index is -3.50. The Morgan fingerprint density at radius 2 is 2.00 bits per heavy atom. The zero-order valence-corrected chi connectivity index (χ0v) is 16.8. The van der Waals surface area contributed by atoms with Crippen LogP contribution in [0.4, 0.5) is 0 Å². The number of nitrogens with two attached hydrogens (primary N) is 1. The Morgan fingerprint density at radius 3 is 2.56 bits per heavy atom. The topological polar surface area (TPSA) is 92.5 Å². The minimum Gasteiger partial charge on any atom is -0.347 e. The molecule has 1 aliphatic rings. The van der Waals surface area contributed by atoms with Crippen molar-refractivity contribution in [3.63, 3.8) is 0 Å². The van der Waals surface area contributed by atoms with E-state index in [1.807, 2.05) is 0 Å². The van der Waals surface area contributed by atoms with Gasteiger partial charge in [0.1, 0.15) is 4.21 Å². The van der Waals surface area contributed by atoms with Gasteiger partial charge in [0.25, 0.3) is 15.9 Å². The maximum absolute atomic E-state index is 12.7. The van der Waals surface area contributed by atoms with E-state index in [9.17, 15) is 13.2 Å². The quantitative estimate of drug-likeness (QED) is 0.751. The molecule has 0 radical (unpaired) electrons. The molecule has 142 valence electrons. The van der Waals surface area contributed by atoms with Crippen molar-refractivity contribution in [1.82, 2.24) is 9.62 Å². The molecule has 25 heavy (non-hydrogen) atoms. The van der Waals surface area contributed by atoms with Crippen LogP contribution in [-0.4, -0.2) is 44.3 Å². The van der Waals surface area contributed by atoms with Crippen LogP contribution in [0.3, 0.4) is 0 Å². The monoisotopic (exact) mass is 387 g/mol. The minimum absolute atomic E-state index is 0.0989. The van der Waals surface area contributed by atoms with Crippen molar-refractivity contribution in [1.29, 1.82) is 0 Å². The van der Waals surface area contributed by atoms with E-state index in [0.29, 0.717) is 36.3 Å². The number of sulfonamides is 1. The zero-order chi connectivity index (χ0) is 18.6. The van der Waals surface area contributed by atoms with Crippen LogP contribution in [0.1, 0.15) is 49.7 Å². The summed E-state index contributed by atoms with van der Waals surface area (Å²) in [6, 6.07) is 3.02. The van der Waals surface area contributed by atoms with Crippen molar-refractivity contribution in [3.8, 4) is 0 Å². The molecule has 0 spiro atoms. The fraction of sp³-hybridized carbons (Fsp3) is 0.706. The molecule has 1 saturated heterocycles. The number of carbonyl (C=O) groups is 1. The van der Waals surface area contributed by atoms with E-state index < -0.39 is 10.0 Å². The van der Waals surface area contributed by atoms with E-state index in [0.717, 1.165) is 30.6 Å². The molecule has 1 fully saturated rings. The van der Waals surface area contributed by atoms with Gasteiger partial charge in [0.2, 0.25) is 0 Å². The van der Waals surface area contributed by atoms with Crippen molar-refractivity contribution >= 4 is 27.3 Å². The van der Waals surface area contributed by atoms with Gasteiger partial charge in [-0.2, -0.15) is 4.31 Å². The molecule has 0 aromatic carbocycles. The van der Waals surface area contributed by atoms with Gasteiger partial charge in [0, 0.05) is 25.7 Å². The second-order valence-electron chi connectivity index (χ2n) is 7.24. The summed E-state index contributed by atoms with van der Waals surface area (Å²) in [5.74, 6) is 0.731. The number of rotatable bonds is 7. The molecule has 1 aromatic rings. The van der Waals surface area contributed by atoms with E-state index in [1.54, 1.807) is 6.07 Å². The number of hydrogen-bond acceptors (Lipinski definition) is 5. The Balaban J connectivity index is 2.07. The lowest BCUT2D eigenvalue weighted by Crippen LogP contribution is -2.40. The van der Waals surface area contributed by atoms with Crippen molar-refractivity contribution in [2.75, 3.05) is 19.6 Å². The molecule has 1 aliphatic heterocycles. The lowest BCUT2D eigenvalue weighted by molar-refractivity contribution is 0.0938. The summed E-state index contributed by atoms with van der Waals surface area (Å²) >= 11 is 1.03. The third kappa shape index (κ3) is 5.26. The average Bonchev–Trinajstić information content (AvgIpc) is 3.05. The highest BCUT2D eigenvalue weighted by atomic mass is 32.2. The number of nitrogens with one attached hydrogen (secondary N) is 1. The van der Waals surface area contributed by atoms with Crippen molar-refractivity contribution in [2.24, 2.45) is 17.6 Å². The van der Waals surface area contributed by atoms with E-state index in [1.165, 1.54) is 10.4 Å². The van der Waals surface area contributed by atoms with Gasteiger partial charge < -0.3 is 11.1 Å². The maximum Gasteiger partial charge on any atom is 0.261 e. The smallest absolute Gasteiger partial charge is 0.261 e. The number of hydrogen-bond donors (Lipinski definition) is 2. The first-order valence-corrected chi connectivity index (χ1v) is 11.1. The van der Waals surface area contributed by atoms with Gasteiger partial charge in [0.15, 0.2) is 0 Å². The maximum atomic E-state index is 12.7. The molecule has 1 atom stereocenters. The Bertz CT molecular complexity index is 677. The van der Waals surface area contributed by atoms with E-state index in [2.05, 4.69) is 26.1 Å². The van der Waals surface area contributed by atoms with Crippen LogP contribution in [0.15, 0.2) is 16.3 Å². The molecule has 8 heteroatoms. The number of piperidine rings is 1. The molecule has 0 bridgehead atoms. The Hall–Kier alpha value is -0.960. The highest BCUT2D eigenvalue weighted by Crippen LogP contribution is 2.28. The predicted molar refractivity (Wildman–Crippen MR) is 101 cm³/mol. The molecule has 0 aliphatic carbocycles. The van der Waals surface area contributed by atoms with Gasteiger partial charge in [-0.15, -0.1) is 11.3 Å². The first-order valence-electron chi connectivity index (χ1n) is 8.85. The average molecular weight is 388 g/mol. The molecule has 1 amide bonds. The van der Waals surface area contributed by atoms with E-state index in [4.69, 9.17) is 5.73 Å². The van der Waals surface area contributed by atoms with Gasteiger partial charge in [0.05, 0.1) is 4.88 Å². The standard InChI is InChI=1S/C17H29N3O3S2/c1-12(2)10-14(11-18)19-17(21)15-4-5-16(24-15)25(22,23)20-8-6-13(3)7-9-20/h4-5,12-14H,6-11,18H2,1-3H3,(H,19,21). The molecular weight excluding hydrogens is 358 g/mol. The largest absolute Gasteiger partial charge is 0.347 e. The second-order valence-corrected chi connectivity index (χ2v) is 10.5. The van der Waals surface area contributed by atoms with Gasteiger partial charge in [-0.05, 0) is 43.2 Å². The van der Waals surface area contributed by atoms with E-state index >= 15 is 0 Å². The van der Waals surface area contributed by atoms with Crippen LogP contribution in [0, 0.1) is 11.8 Å². The molecule has 2 rings (SSSR count). The Morgan fingerprint density at radius 1 is 1.36 bits per heavy atom. The van der Waals surface area contributed by atoms with E-state index in [-0.39, 0.29) is 16.2 Å². The fourth-order valence-corrected chi connectivity index (χ4v) is 5.81. The zero-order valence-electron chi connectivity index (χ0n) is 15.2. The van der Waals surface area contributed by atoms with Gasteiger partial charge in [-0.3, -0.25) is 4.79 Å². The summed E-state index contributed by atoms with van der Waals surface area (Å²) in [6.07, 6.45) is 2.56. The fourth-order valence-electron chi connectivity index (χ4n) is 2.97. The highest BCUT2D eigenvalue weighted by molar-refractivity contribution is 7.91. The molecule has 1 unspecified atom stereocenters. The number of amides is 1. The van der Waals surface area contributed by atoms with Crippen LogP contribution < -0.4 is 11.1 Å². The molecule has 3 N–H and O–H groups in total. The highest BCUT2D eigenvalue weighted by Gasteiger charge is 2.30. The lowest BCUT2D eigenvalue weighted by atomic mass is 10.0. The van der Waals surface area contributed by atoms with Crippen LogP contribution in [0.2, 0.25) is 0 Å². The first kappa shape index (κ1) is 20.4. The van der Waals surface area contributed by atoms with Gasteiger partial charge >= 0.3 is 0 Å². The summed E-state index contributed by atoms with van der Waals surface area (Å²) in [4.78, 5) is 12.8. The lowest BCUT2D eigenvalue weighted by Gasteiger charge is -2.28. The van der Waals surface area contributed by atoms with Crippen molar-refractivity contribution < 1.29 is 13.2 Å². The Kier molecular flexibility index (Phi) is 7.01. The van der Waals surface area contributed by atoms with Crippen molar-refractivity contribution in [3.05, 3.63) is 17.0 Å². The molecule has 2 heterocycles. The third-order valence-electron chi connectivity index (χ3n) is 4.52. The summed E-state index contributed by atoms with van der Waals surface area (Å²) < 4.78 is 27.2. The molecule has 0 saturated carbocycles. The van der Waals surface area contributed by atoms with Crippen molar-refractivity contribution in [2.45, 2.75) is 50.3 Å². The normalized spacial score (nSPS) is 18.4. The Labute approximate surface area is 154 Å². The van der Waals surface area contributed by atoms with Crippen LogP contribution in [0.25, 0.3) is 0 Å². The molecular formula is C17H29N3O3S2. The summed E-state index contributed by atoms with van der Waals surface area (Å²) in [7, 11) is -3.50. The number of thiophene rings is 1. The van der Waals surface area contributed by atoms with Gasteiger partial charge in [-0.1, -0.05) is 20.8 Å². The first-order chi connectivity index (χ1) is 11.7. The van der Waals surface area contributed by atoms with Gasteiger partial charge in [-0.25, -0.2) is 8.42 Å². The number of carbonyl (C=O) groups excluding carboxylic acids is 1. The SMILES string of the molecule is CC(C)CC(CN)NC(=O)c1ccc(S(=O)(=O)N2CCC(C)CC2)s1. The third-order valence-corrected chi connectivity index (χ3v) is 7.97. The molecule has 1 aromatic heterocycles. The van der Waals surface area contributed by atoms with Crippen LogP contribution in [-0.2, 0) is 10.0 Å². The summed E-state index contributed by atoms with van der Waals surface area (Å²) in [6.45, 7) is 7.75. The predicted octanol–water partition coefficient (Wildman–Crippen LogP) is 2.27. The van der Waals surface area contributed by atoms with Crippen LogP contribution >= 0.6 is 11.3 Å². The number of nitrogens with zero attached hydrogens (tertiary/aromatic N) is 1. The van der Waals surface area contributed by atoms with Crippen LogP contribution in [0.5, 0.6) is 0 Å².